The Morgan fingerprint density at radius 2 is 1.67 bits per heavy atom. The summed E-state index contributed by atoms with van der Waals surface area (Å²) in [7, 11) is 0. The van der Waals surface area contributed by atoms with Crippen molar-refractivity contribution in [2.24, 2.45) is 5.73 Å². The minimum atomic E-state index is -0.379. The summed E-state index contributed by atoms with van der Waals surface area (Å²) in [6, 6.07) is 19.1. The Morgan fingerprint density at radius 1 is 0.889 bits per heavy atom. The van der Waals surface area contributed by atoms with E-state index in [1.807, 2.05) is 35.2 Å². The van der Waals surface area contributed by atoms with Gasteiger partial charge < -0.3 is 15.5 Å². The molecule has 2 aromatic carbocycles. The van der Waals surface area contributed by atoms with Crippen molar-refractivity contribution in [2.45, 2.75) is 44.8 Å². The molecule has 0 aliphatic carbocycles. The topological polar surface area (TPSA) is 100 Å². The Kier molecular flexibility index (Phi) is 6.92. The second-order valence-electron chi connectivity index (χ2n) is 9.78. The van der Waals surface area contributed by atoms with E-state index in [0.29, 0.717) is 17.9 Å². The van der Waals surface area contributed by atoms with Crippen molar-refractivity contribution in [3.8, 4) is 6.07 Å². The van der Waals surface area contributed by atoms with Gasteiger partial charge >= 0.3 is 5.69 Å². The molecule has 8 nitrogen and oxygen atoms in total. The smallest absolute Gasteiger partial charge is 0.333 e. The fourth-order valence-corrected chi connectivity index (χ4v) is 5.33. The predicted octanol–water partition coefficient (Wildman–Crippen LogP) is 2.51. The lowest BCUT2D eigenvalue weighted by molar-refractivity contribution is 0.490. The molecule has 36 heavy (non-hydrogen) atoms. The van der Waals surface area contributed by atoms with Gasteiger partial charge in [-0.3, -0.25) is 13.9 Å². The molecular weight excluding hydrogens is 452 g/mol. The molecular formula is C28H32N6O2. The molecule has 0 radical (unpaired) electrons. The maximum atomic E-state index is 13.9. The number of anilines is 2. The molecule has 0 saturated carbocycles. The summed E-state index contributed by atoms with van der Waals surface area (Å²) in [5.74, 6) is 0.565. The van der Waals surface area contributed by atoms with E-state index in [9.17, 15) is 14.9 Å². The first-order valence-corrected chi connectivity index (χ1v) is 12.7. The third kappa shape index (κ3) is 4.93. The first-order valence-electron chi connectivity index (χ1n) is 12.7. The molecule has 0 amide bonds. The zero-order chi connectivity index (χ0) is 25.1. The number of nitriles is 1. The van der Waals surface area contributed by atoms with E-state index in [0.717, 1.165) is 49.3 Å². The minimum Gasteiger partial charge on any atom is -0.372 e. The maximum Gasteiger partial charge on any atom is 0.333 e. The number of benzene rings is 2. The second-order valence-corrected chi connectivity index (χ2v) is 9.78. The molecule has 2 aliphatic heterocycles. The number of hydrogen-bond acceptors (Lipinski definition) is 6. The van der Waals surface area contributed by atoms with Gasteiger partial charge in [0.25, 0.3) is 5.56 Å². The van der Waals surface area contributed by atoms with E-state index in [4.69, 9.17) is 5.73 Å². The van der Waals surface area contributed by atoms with Crippen molar-refractivity contribution < 1.29 is 0 Å². The number of nitrogens with zero attached hydrogens (tertiary/aromatic N) is 5. The lowest BCUT2D eigenvalue weighted by atomic mass is 10.1. The van der Waals surface area contributed by atoms with E-state index in [-0.39, 0.29) is 30.4 Å². The number of piperidine rings is 1. The van der Waals surface area contributed by atoms with Crippen LogP contribution in [0, 0.1) is 11.3 Å². The van der Waals surface area contributed by atoms with Gasteiger partial charge in [-0.1, -0.05) is 30.3 Å². The average molecular weight is 485 g/mol. The monoisotopic (exact) mass is 484 g/mol. The molecule has 2 saturated heterocycles. The van der Waals surface area contributed by atoms with E-state index in [1.165, 1.54) is 17.4 Å². The van der Waals surface area contributed by atoms with Crippen LogP contribution in [0.4, 0.5) is 11.5 Å². The highest BCUT2D eigenvalue weighted by molar-refractivity contribution is 5.49. The highest BCUT2D eigenvalue weighted by atomic mass is 16.2. The summed E-state index contributed by atoms with van der Waals surface area (Å²) in [6.45, 7) is 3.77. The van der Waals surface area contributed by atoms with Crippen LogP contribution in [0.5, 0.6) is 0 Å². The van der Waals surface area contributed by atoms with E-state index in [2.05, 4.69) is 23.1 Å². The van der Waals surface area contributed by atoms with Crippen molar-refractivity contribution in [1.29, 1.82) is 5.26 Å². The first-order chi connectivity index (χ1) is 17.5. The molecule has 3 heterocycles. The summed E-state index contributed by atoms with van der Waals surface area (Å²) >= 11 is 0. The Hall–Kier alpha value is -3.83. The van der Waals surface area contributed by atoms with Gasteiger partial charge in [-0.2, -0.15) is 5.26 Å². The van der Waals surface area contributed by atoms with E-state index < -0.39 is 0 Å². The standard InChI is InChI=1S/C28H32N6O2/c29-17-22-8-1-2-9-23(22)19-33-26(32-14-6-10-24(30)20-32)16-27(35)34(28(33)36)18-21-7-5-11-25(15-21)31-12-3-4-13-31/h1-2,5,7-9,11,15-16,24H,3-4,6,10,12-14,18-20,30H2. The van der Waals surface area contributed by atoms with Gasteiger partial charge in [-0.15, -0.1) is 0 Å². The molecule has 0 bridgehead atoms. The van der Waals surface area contributed by atoms with Gasteiger partial charge in [0.15, 0.2) is 0 Å². The molecule has 3 aromatic rings. The van der Waals surface area contributed by atoms with Crippen molar-refractivity contribution in [3.05, 3.63) is 92.1 Å². The fourth-order valence-electron chi connectivity index (χ4n) is 5.33. The van der Waals surface area contributed by atoms with Gasteiger partial charge in [0, 0.05) is 44.0 Å². The molecule has 186 valence electrons. The van der Waals surface area contributed by atoms with Gasteiger partial charge in [0.05, 0.1) is 24.7 Å². The van der Waals surface area contributed by atoms with Gasteiger partial charge in [0.2, 0.25) is 0 Å². The number of aromatic nitrogens is 2. The van der Waals surface area contributed by atoms with Crippen LogP contribution in [0.25, 0.3) is 0 Å². The normalized spacial score (nSPS) is 17.8. The Bertz CT molecular complexity index is 1400. The summed E-state index contributed by atoms with van der Waals surface area (Å²) in [5, 5.41) is 9.60. The molecule has 2 aliphatic rings. The molecule has 2 N–H and O–H groups in total. The second kappa shape index (κ2) is 10.4. The number of hydrogen-bond donors (Lipinski definition) is 1. The van der Waals surface area contributed by atoms with Crippen molar-refractivity contribution in [2.75, 3.05) is 36.0 Å². The van der Waals surface area contributed by atoms with Crippen LogP contribution < -0.4 is 26.8 Å². The third-order valence-corrected chi connectivity index (χ3v) is 7.23. The molecule has 1 aromatic heterocycles. The highest BCUT2D eigenvalue weighted by Gasteiger charge is 2.23. The lowest BCUT2D eigenvalue weighted by Gasteiger charge is -2.34. The van der Waals surface area contributed by atoms with Crippen LogP contribution in [0.1, 0.15) is 42.4 Å². The first kappa shape index (κ1) is 23.9. The largest absolute Gasteiger partial charge is 0.372 e. The molecule has 5 rings (SSSR count). The quantitative estimate of drug-likeness (QED) is 0.577. The maximum absolute atomic E-state index is 13.9. The predicted molar refractivity (Wildman–Crippen MR) is 142 cm³/mol. The Labute approximate surface area is 210 Å². The van der Waals surface area contributed by atoms with Crippen molar-refractivity contribution >= 4 is 11.5 Å². The van der Waals surface area contributed by atoms with Crippen LogP contribution in [0.2, 0.25) is 0 Å². The van der Waals surface area contributed by atoms with Crippen LogP contribution in [-0.2, 0) is 13.1 Å². The van der Waals surface area contributed by atoms with Crippen LogP contribution in [0.3, 0.4) is 0 Å². The fraction of sp³-hybridized carbons (Fsp3) is 0.393. The summed E-state index contributed by atoms with van der Waals surface area (Å²) in [4.78, 5) is 31.5. The molecule has 2 fully saturated rings. The lowest BCUT2D eigenvalue weighted by Crippen LogP contribution is -2.48. The van der Waals surface area contributed by atoms with Crippen LogP contribution in [0.15, 0.2) is 64.2 Å². The third-order valence-electron chi connectivity index (χ3n) is 7.23. The number of rotatable bonds is 6. The van der Waals surface area contributed by atoms with E-state index in [1.54, 1.807) is 16.7 Å². The molecule has 8 heteroatoms. The Balaban J connectivity index is 1.56. The zero-order valence-corrected chi connectivity index (χ0v) is 20.5. The SMILES string of the molecule is N#Cc1ccccc1Cn1c(N2CCCC(N)C2)cc(=O)n(Cc2cccc(N3CCCC3)c2)c1=O. The van der Waals surface area contributed by atoms with E-state index >= 15 is 0 Å². The minimum absolute atomic E-state index is 0.00976. The van der Waals surface area contributed by atoms with Crippen molar-refractivity contribution in [1.82, 2.24) is 9.13 Å². The summed E-state index contributed by atoms with van der Waals surface area (Å²) in [5.41, 5.74) is 8.81. The zero-order valence-electron chi connectivity index (χ0n) is 20.5. The van der Waals surface area contributed by atoms with Gasteiger partial charge in [0.1, 0.15) is 5.82 Å². The van der Waals surface area contributed by atoms with Crippen molar-refractivity contribution in [3.63, 3.8) is 0 Å². The average Bonchev–Trinajstić information content (AvgIpc) is 3.44. The Morgan fingerprint density at radius 3 is 2.44 bits per heavy atom. The summed E-state index contributed by atoms with van der Waals surface area (Å²) < 4.78 is 2.92. The molecule has 0 spiro atoms. The van der Waals surface area contributed by atoms with Gasteiger partial charge in [-0.25, -0.2) is 4.79 Å². The summed E-state index contributed by atoms with van der Waals surface area (Å²) in [6.07, 6.45) is 4.18. The number of nitrogens with two attached hydrogens (primary N) is 1. The molecule has 1 unspecified atom stereocenters. The van der Waals surface area contributed by atoms with Crippen LogP contribution in [-0.4, -0.2) is 41.4 Å². The highest BCUT2D eigenvalue weighted by Crippen LogP contribution is 2.22. The molecule has 1 atom stereocenters. The van der Waals surface area contributed by atoms with Crippen LogP contribution >= 0.6 is 0 Å². The van der Waals surface area contributed by atoms with Gasteiger partial charge in [-0.05, 0) is 55.0 Å².